The summed E-state index contributed by atoms with van der Waals surface area (Å²) in [6.07, 6.45) is 3.33. The number of benzene rings is 2. The average molecular weight is 530 g/mol. The molecule has 0 unspecified atom stereocenters. The predicted octanol–water partition coefficient (Wildman–Crippen LogP) is 5.78. The minimum atomic E-state index is 0.401. The molecule has 2 heterocycles. The lowest BCUT2D eigenvalue weighted by molar-refractivity contribution is 0.312. The predicted molar refractivity (Wildman–Crippen MR) is 141 cm³/mol. The number of piperazine rings is 1. The summed E-state index contributed by atoms with van der Waals surface area (Å²) >= 11 is 10.1. The molecule has 9 heteroatoms. The van der Waals surface area contributed by atoms with Gasteiger partial charge >= 0.3 is 0 Å². The van der Waals surface area contributed by atoms with Crippen LogP contribution in [0, 0.1) is 0 Å². The number of nitrogens with zero attached hydrogens (tertiary/aromatic N) is 4. The van der Waals surface area contributed by atoms with Crippen LogP contribution in [0.1, 0.15) is 5.56 Å². The number of anilines is 5. The van der Waals surface area contributed by atoms with Crippen LogP contribution in [0.4, 0.5) is 28.8 Å². The zero-order valence-electron chi connectivity index (χ0n) is 18.6. The van der Waals surface area contributed by atoms with Crippen molar-refractivity contribution in [1.29, 1.82) is 0 Å². The maximum absolute atomic E-state index is 6.37. The Hall–Kier alpha value is -2.81. The molecule has 0 saturated carbocycles. The number of halogens is 2. The highest BCUT2D eigenvalue weighted by atomic mass is 79.9. The molecular weight excluding hydrogens is 504 g/mol. The van der Waals surface area contributed by atoms with Gasteiger partial charge in [0.2, 0.25) is 5.95 Å². The monoisotopic (exact) mass is 528 g/mol. The zero-order chi connectivity index (χ0) is 23.4. The summed E-state index contributed by atoms with van der Waals surface area (Å²) in [6, 6.07) is 11.9. The molecule has 1 saturated heterocycles. The van der Waals surface area contributed by atoms with Gasteiger partial charge in [-0.3, -0.25) is 0 Å². The number of ether oxygens (including phenoxy) is 1. The van der Waals surface area contributed by atoms with Crippen LogP contribution in [-0.4, -0.2) is 55.2 Å². The minimum absolute atomic E-state index is 0.401. The topological polar surface area (TPSA) is 65.6 Å². The number of aromatic nitrogens is 2. The number of hydrogen-bond donors (Lipinski definition) is 2. The summed E-state index contributed by atoms with van der Waals surface area (Å²) in [7, 11) is 3.77. The minimum Gasteiger partial charge on any atom is -0.495 e. The van der Waals surface area contributed by atoms with E-state index in [1.54, 1.807) is 19.4 Å². The van der Waals surface area contributed by atoms with E-state index >= 15 is 0 Å². The number of hydrogen-bond acceptors (Lipinski definition) is 7. The highest BCUT2D eigenvalue weighted by Crippen LogP contribution is 2.33. The lowest BCUT2D eigenvalue weighted by Gasteiger charge is -2.34. The first-order valence-electron chi connectivity index (χ1n) is 10.6. The Balaban J connectivity index is 1.53. The van der Waals surface area contributed by atoms with Crippen LogP contribution in [-0.2, 0) is 0 Å². The lowest BCUT2D eigenvalue weighted by Crippen LogP contribution is -2.44. The van der Waals surface area contributed by atoms with E-state index < -0.39 is 0 Å². The van der Waals surface area contributed by atoms with E-state index in [0.717, 1.165) is 47.6 Å². The summed E-state index contributed by atoms with van der Waals surface area (Å²) in [5.41, 5.74) is 3.74. The van der Waals surface area contributed by atoms with Crippen LogP contribution in [0.2, 0.25) is 5.02 Å². The molecule has 2 aromatic carbocycles. The van der Waals surface area contributed by atoms with E-state index in [1.165, 1.54) is 5.69 Å². The molecule has 1 fully saturated rings. The fourth-order valence-electron chi connectivity index (χ4n) is 3.61. The first-order chi connectivity index (χ1) is 16.0. The van der Waals surface area contributed by atoms with Crippen molar-refractivity contribution in [3.05, 3.63) is 64.2 Å². The molecule has 0 amide bonds. The van der Waals surface area contributed by atoms with Gasteiger partial charge in [-0.15, -0.1) is 0 Å². The van der Waals surface area contributed by atoms with Crippen molar-refractivity contribution < 1.29 is 4.74 Å². The Bertz CT molecular complexity index is 1150. The van der Waals surface area contributed by atoms with Gasteiger partial charge in [0.05, 0.1) is 24.7 Å². The number of methoxy groups -OCH3 is 1. The van der Waals surface area contributed by atoms with Gasteiger partial charge in [-0.25, -0.2) is 4.98 Å². The maximum Gasteiger partial charge on any atom is 0.229 e. The van der Waals surface area contributed by atoms with Crippen LogP contribution in [0.15, 0.2) is 53.6 Å². The molecule has 0 aliphatic carbocycles. The molecule has 0 radical (unpaired) electrons. The summed E-state index contributed by atoms with van der Waals surface area (Å²) in [5, 5.41) is 6.91. The standard InChI is InChI=1S/C24H26BrClN6O/c1-4-16-5-8-22(33-3)20(13-16)29-23-19(26)15-27-24(30-23)28-17-6-7-21(18(25)14-17)32-11-9-31(2)10-12-32/h4-8,13-15H,1,9-12H2,2-3H3,(H2,27,28,29,30). The zero-order valence-corrected chi connectivity index (χ0v) is 20.9. The molecule has 1 aliphatic rings. The smallest absolute Gasteiger partial charge is 0.229 e. The lowest BCUT2D eigenvalue weighted by atomic mass is 10.2. The number of nitrogens with one attached hydrogen (secondary N) is 2. The van der Waals surface area contributed by atoms with E-state index in [1.807, 2.05) is 30.3 Å². The second-order valence-corrected chi connectivity index (χ2v) is 9.02. The van der Waals surface area contributed by atoms with Gasteiger partial charge in [-0.2, -0.15) is 4.98 Å². The van der Waals surface area contributed by atoms with Crippen molar-refractivity contribution >= 4 is 62.4 Å². The van der Waals surface area contributed by atoms with Crippen molar-refractivity contribution in [3.63, 3.8) is 0 Å². The van der Waals surface area contributed by atoms with Crippen LogP contribution < -0.4 is 20.3 Å². The van der Waals surface area contributed by atoms with Gasteiger partial charge in [0.25, 0.3) is 0 Å². The molecule has 1 aliphatic heterocycles. The van der Waals surface area contributed by atoms with Gasteiger partial charge < -0.3 is 25.2 Å². The molecule has 4 rings (SSSR count). The maximum atomic E-state index is 6.37. The van der Waals surface area contributed by atoms with E-state index in [2.05, 4.69) is 66.0 Å². The second-order valence-electron chi connectivity index (χ2n) is 7.76. The molecule has 0 atom stereocenters. The van der Waals surface area contributed by atoms with E-state index in [9.17, 15) is 0 Å². The first-order valence-corrected chi connectivity index (χ1v) is 11.7. The quantitative estimate of drug-likeness (QED) is 0.402. The summed E-state index contributed by atoms with van der Waals surface area (Å²) < 4.78 is 6.48. The third-order valence-corrected chi connectivity index (χ3v) is 6.42. The van der Waals surface area contributed by atoms with E-state index in [4.69, 9.17) is 16.3 Å². The fourth-order valence-corrected chi connectivity index (χ4v) is 4.38. The molecule has 0 bridgehead atoms. The van der Waals surface area contributed by atoms with Crippen molar-refractivity contribution in [2.24, 2.45) is 0 Å². The highest BCUT2D eigenvalue weighted by molar-refractivity contribution is 9.10. The van der Waals surface area contributed by atoms with Crippen molar-refractivity contribution in [2.45, 2.75) is 0 Å². The molecule has 1 aromatic heterocycles. The van der Waals surface area contributed by atoms with Crippen LogP contribution in [0.5, 0.6) is 5.75 Å². The van der Waals surface area contributed by atoms with E-state index in [-0.39, 0.29) is 0 Å². The summed E-state index contributed by atoms with van der Waals surface area (Å²) in [5.74, 6) is 1.58. The molecule has 33 heavy (non-hydrogen) atoms. The Kier molecular flexibility index (Phi) is 7.37. The van der Waals surface area contributed by atoms with Crippen molar-refractivity contribution in [2.75, 3.05) is 55.9 Å². The van der Waals surface area contributed by atoms with Crippen LogP contribution >= 0.6 is 27.5 Å². The first kappa shape index (κ1) is 23.4. The SMILES string of the molecule is C=Cc1ccc(OC)c(Nc2nc(Nc3ccc(N4CCN(C)CC4)c(Br)c3)ncc2Cl)c1. The van der Waals surface area contributed by atoms with Gasteiger partial charge in [0.15, 0.2) is 5.82 Å². The van der Waals surface area contributed by atoms with Gasteiger partial charge in [0.1, 0.15) is 10.8 Å². The number of rotatable bonds is 7. The molecule has 2 N–H and O–H groups in total. The third kappa shape index (κ3) is 5.58. The van der Waals surface area contributed by atoms with Crippen molar-refractivity contribution in [3.8, 4) is 5.75 Å². The van der Waals surface area contributed by atoms with Gasteiger partial charge in [-0.05, 0) is 58.9 Å². The van der Waals surface area contributed by atoms with E-state index in [0.29, 0.717) is 22.5 Å². The molecule has 0 spiro atoms. The fraction of sp³-hybridized carbons (Fsp3) is 0.250. The molecular formula is C24H26BrClN6O. The van der Waals surface area contributed by atoms with Crippen molar-refractivity contribution in [1.82, 2.24) is 14.9 Å². The average Bonchev–Trinajstić information content (AvgIpc) is 2.82. The van der Waals surface area contributed by atoms with Crippen LogP contribution in [0.3, 0.4) is 0 Å². The molecule has 3 aromatic rings. The third-order valence-electron chi connectivity index (χ3n) is 5.50. The molecule has 172 valence electrons. The largest absolute Gasteiger partial charge is 0.495 e. The van der Waals surface area contributed by atoms with Crippen LogP contribution in [0.25, 0.3) is 6.08 Å². The van der Waals surface area contributed by atoms with Gasteiger partial charge in [-0.1, -0.05) is 30.3 Å². The summed E-state index contributed by atoms with van der Waals surface area (Å²) in [6.45, 7) is 7.95. The number of likely N-dealkylation sites (N-methyl/N-ethyl adjacent to an activating group) is 1. The van der Waals surface area contributed by atoms with Gasteiger partial charge in [0, 0.05) is 36.3 Å². The molecule has 7 nitrogen and oxygen atoms in total. The summed E-state index contributed by atoms with van der Waals surface area (Å²) in [4.78, 5) is 13.6. The Morgan fingerprint density at radius 2 is 1.91 bits per heavy atom. The Morgan fingerprint density at radius 1 is 1.12 bits per heavy atom. The Morgan fingerprint density at radius 3 is 2.61 bits per heavy atom. The highest BCUT2D eigenvalue weighted by Gasteiger charge is 2.17. The second kappa shape index (κ2) is 10.4. The Labute approximate surface area is 207 Å². The normalized spacial score (nSPS) is 14.1.